The Bertz CT molecular complexity index is 546. The van der Waals surface area contributed by atoms with Gasteiger partial charge in [0.25, 0.3) is 0 Å². The van der Waals surface area contributed by atoms with E-state index in [0.717, 1.165) is 17.2 Å². The Morgan fingerprint density at radius 2 is 2.04 bits per heavy atom. The molecule has 0 aromatic carbocycles. The molecule has 1 aliphatic rings. The lowest BCUT2D eigenvalue weighted by molar-refractivity contribution is -0.181. The fourth-order valence-electron chi connectivity index (χ4n) is 2.65. The monoisotopic (exact) mass is 346 g/mol. The Hall–Kier alpha value is -1.77. The summed E-state index contributed by atoms with van der Waals surface area (Å²) in [4.78, 5) is 8.07. The number of hydrogen-bond donors (Lipinski definition) is 2. The largest absolute Gasteiger partial charge is 0.403 e. The number of aromatic nitrogens is 2. The van der Waals surface area contributed by atoms with Crippen LogP contribution >= 0.6 is 0 Å². The maximum Gasteiger partial charge on any atom is 0.403 e. The fourth-order valence-corrected chi connectivity index (χ4v) is 2.65. The summed E-state index contributed by atoms with van der Waals surface area (Å²) in [5.41, 5.74) is 1.98. The van der Waals surface area contributed by atoms with Crippen LogP contribution in [0.15, 0.2) is 11.2 Å². The summed E-state index contributed by atoms with van der Waals surface area (Å²) in [6.07, 6.45) is -2.44. The molecule has 0 amide bonds. The smallest absolute Gasteiger partial charge is 0.357 e. The van der Waals surface area contributed by atoms with Gasteiger partial charge in [0.05, 0.1) is 12.7 Å². The Morgan fingerprint density at radius 1 is 1.38 bits per heavy atom. The Balaban J connectivity index is 1.97. The zero-order chi connectivity index (χ0) is 17.7. The van der Waals surface area contributed by atoms with E-state index in [1.807, 2.05) is 18.7 Å². The second-order valence-corrected chi connectivity index (χ2v) is 5.93. The van der Waals surface area contributed by atoms with Crippen LogP contribution in [0.5, 0.6) is 0 Å². The van der Waals surface area contributed by atoms with Crippen LogP contribution in [0.2, 0.25) is 0 Å². The van der Waals surface area contributed by atoms with Crippen LogP contribution in [0.25, 0.3) is 0 Å². The molecule has 0 aliphatic carbocycles. The molecule has 0 bridgehead atoms. The number of halogens is 3. The summed E-state index contributed by atoms with van der Waals surface area (Å²) in [7, 11) is 0. The number of guanidine groups is 1. The fraction of sp³-hybridized carbons (Fsp3) is 0.733. The van der Waals surface area contributed by atoms with Crippen molar-refractivity contribution in [3.63, 3.8) is 0 Å². The van der Waals surface area contributed by atoms with Crippen molar-refractivity contribution in [2.24, 2.45) is 4.99 Å². The lowest BCUT2D eigenvalue weighted by Crippen LogP contribution is -2.56. The van der Waals surface area contributed by atoms with E-state index in [0.29, 0.717) is 39.3 Å². The minimum absolute atomic E-state index is 0.371. The second kappa shape index (κ2) is 7.87. The summed E-state index contributed by atoms with van der Waals surface area (Å²) in [5.74, 6) is 0.734. The van der Waals surface area contributed by atoms with E-state index < -0.39 is 12.2 Å². The van der Waals surface area contributed by atoms with Gasteiger partial charge in [0.2, 0.25) is 0 Å². The van der Waals surface area contributed by atoms with Crippen molar-refractivity contribution in [3.8, 4) is 0 Å². The van der Waals surface area contributed by atoms with Crippen molar-refractivity contribution in [2.75, 3.05) is 32.7 Å². The highest BCUT2D eigenvalue weighted by molar-refractivity contribution is 5.80. The summed E-state index contributed by atoms with van der Waals surface area (Å²) in [6.45, 7) is 8.12. The Kier molecular flexibility index (Phi) is 6.09. The van der Waals surface area contributed by atoms with Gasteiger partial charge in [-0.25, -0.2) is 4.99 Å². The first-order valence-corrected chi connectivity index (χ1v) is 8.15. The average Bonchev–Trinajstić information content (AvgIpc) is 2.95. The van der Waals surface area contributed by atoms with Gasteiger partial charge in [-0.1, -0.05) is 0 Å². The molecule has 2 heterocycles. The Morgan fingerprint density at radius 3 is 2.54 bits per heavy atom. The number of nitrogens with one attached hydrogen (secondary N) is 2. The van der Waals surface area contributed by atoms with Gasteiger partial charge in [-0.2, -0.15) is 18.3 Å². The van der Waals surface area contributed by atoms with Crippen molar-refractivity contribution in [3.05, 3.63) is 17.5 Å². The molecule has 6 nitrogen and oxygen atoms in total. The number of H-pyrrole nitrogens is 1. The number of nitrogens with zero attached hydrogens (tertiary/aromatic N) is 4. The number of alkyl halides is 3. The molecule has 1 aromatic rings. The summed E-state index contributed by atoms with van der Waals surface area (Å²) in [5, 5.41) is 10.1. The highest BCUT2D eigenvalue weighted by Crippen LogP contribution is 2.25. The van der Waals surface area contributed by atoms with Crippen LogP contribution in [0.3, 0.4) is 0 Å². The number of aromatic amines is 1. The zero-order valence-corrected chi connectivity index (χ0v) is 14.3. The van der Waals surface area contributed by atoms with Gasteiger partial charge in [0.1, 0.15) is 6.04 Å². The maximum atomic E-state index is 12.8. The molecule has 9 heteroatoms. The first-order chi connectivity index (χ1) is 11.3. The third-order valence-electron chi connectivity index (χ3n) is 4.30. The van der Waals surface area contributed by atoms with Crippen molar-refractivity contribution in [2.45, 2.75) is 39.5 Å². The average molecular weight is 346 g/mol. The van der Waals surface area contributed by atoms with E-state index in [1.165, 1.54) is 11.8 Å². The second-order valence-electron chi connectivity index (χ2n) is 5.93. The third-order valence-corrected chi connectivity index (χ3v) is 4.30. The van der Waals surface area contributed by atoms with E-state index in [4.69, 9.17) is 0 Å². The minimum Gasteiger partial charge on any atom is -0.357 e. The van der Waals surface area contributed by atoms with Gasteiger partial charge in [-0.3, -0.25) is 10.00 Å². The van der Waals surface area contributed by atoms with E-state index >= 15 is 0 Å². The number of rotatable bonds is 4. The first kappa shape index (κ1) is 18.6. The topological polar surface area (TPSA) is 59.6 Å². The third kappa shape index (κ3) is 4.62. The highest BCUT2D eigenvalue weighted by Gasteiger charge is 2.41. The van der Waals surface area contributed by atoms with Crippen LogP contribution in [-0.2, 0) is 6.54 Å². The zero-order valence-electron chi connectivity index (χ0n) is 14.3. The molecule has 0 saturated carbocycles. The van der Waals surface area contributed by atoms with E-state index in [1.54, 1.807) is 6.20 Å². The quantitative estimate of drug-likeness (QED) is 0.644. The van der Waals surface area contributed by atoms with Crippen LogP contribution in [0.4, 0.5) is 13.2 Å². The Labute approximate surface area is 140 Å². The van der Waals surface area contributed by atoms with E-state index in [2.05, 4.69) is 20.5 Å². The predicted octanol–water partition coefficient (Wildman–Crippen LogP) is 1.75. The van der Waals surface area contributed by atoms with Crippen LogP contribution in [0.1, 0.15) is 25.1 Å². The molecule has 24 heavy (non-hydrogen) atoms. The predicted molar refractivity (Wildman–Crippen MR) is 86.8 cm³/mol. The molecule has 1 fully saturated rings. The van der Waals surface area contributed by atoms with Gasteiger partial charge in [0, 0.05) is 44.0 Å². The number of piperazine rings is 1. The van der Waals surface area contributed by atoms with Crippen molar-refractivity contribution in [1.29, 1.82) is 0 Å². The van der Waals surface area contributed by atoms with Crippen molar-refractivity contribution in [1.82, 2.24) is 25.3 Å². The lowest BCUT2D eigenvalue weighted by Gasteiger charge is -2.39. The van der Waals surface area contributed by atoms with Crippen molar-refractivity contribution >= 4 is 5.96 Å². The van der Waals surface area contributed by atoms with Crippen LogP contribution in [0, 0.1) is 6.92 Å². The van der Waals surface area contributed by atoms with E-state index in [-0.39, 0.29) is 0 Å². The van der Waals surface area contributed by atoms with Crippen molar-refractivity contribution < 1.29 is 13.2 Å². The van der Waals surface area contributed by atoms with E-state index in [9.17, 15) is 13.2 Å². The summed E-state index contributed by atoms with van der Waals surface area (Å²) < 4.78 is 38.5. The van der Waals surface area contributed by atoms with Crippen LogP contribution < -0.4 is 5.32 Å². The molecule has 136 valence electrons. The molecule has 1 aliphatic heterocycles. The highest BCUT2D eigenvalue weighted by atomic mass is 19.4. The molecule has 1 aromatic heterocycles. The van der Waals surface area contributed by atoms with Gasteiger partial charge < -0.3 is 10.2 Å². The normalized spacial score (nSPS) is 18.8. The van der Waals surface area contributed by atoms with Gasteiger partial charge >= 0.3 is 6.18 Å². The SMILES string of the molecule is CCNC(=NCc1cn[nH]c1C)N1CCN(C(C)C(F)(F)F)CC1. The number of aryl methyl sites for hydroxylation is 1. The first-order valence-electron chi connectivity index (χ1n) is 8.15. The molecule has 1 atom stereocenters. The van der Waals surface area contributed by atoms with Gasteiger partial charge in [-0.15, -0.1) is 0 Å². The minimum atomic E-state index is -4.18. The maximum absolute atomic E-state index is 12.8. The molecule has 1 unspecified atom stereocenters. The summed E-state index contributed by atoms with van der Waals surface area (Å²) >= 11 is 0. The molecule has 0 radical (unpaired) electrons. The van der Waals surface area contributed by atoms with Gasteiger partial charge in [0.15, 0.2) is 5.96 Å². The molecular formula is C15H25F3N6. The molecular weight excluding hydrogens is 321 g/mol. The molecule has 1 saturated heterocycles. The molecule has 0 spiro atoms. The number of hydrogen-bond acceptors (Lipinski definition) is 3. The molecule has 2 rings (SSSR count). The summed E-state index contributed by atoms with van der Waals surface area (Å²) in [6, 6.07) is -1.41. The van der Waals surface area contributed by atoms with Gasteiger partial charge in [-0.05, 0) is 20.8 Å². The lowest BCUT2D eigenvalue weighted by atomic mass is 10.2. The number of aliphatic imine (C=N–C) groups is 1. The standard InChI is InChI=1S/C15H25F3N6/c1-4-19-14(20-9-13-10-21-22-11(13)2)24-7-5-23(6-8-24)12(3)15(16,17)18/h10,12H,4-9H2,1-3H3,(H,19,20)(H,21,22). The van der Waals surface area contributed by atoms with Crippen LogP contribution in [-0.4, -0.2) is 70.9 Å². The molecule has 2 N–H and O–H groups in total.